The Morgan fingerprint density at radius 2 is 1.57 bits per heavy atom. The van der Waals surface area contributed by atoms with Gasteiger partial charge in [-0.2, -0.15) is 21.6 Å². The lowest BCUT2D eigenvalue weighted by Gasteiger charge is -2.51. The number of fused-ring (bicyclic) bond motifs is 2. The van der Waals surface area contributed by atoms with Gasteiger partial charge in [-0.15, -0.1) is 0 Å². The Balaban J connectivity index is 1.63. The molecule has 0 unspecified atom stereocenters. The van der Waals surface area contributed by atoms with Crippen LogP contribution in [0.4, 0.5) is 19.0 Å². The van der Waals surface area contributed by atoms with E-state index in [1.807, 2.05) is 55.4 Å². The highest BCUT2D eigenvalue weighted by Gasteiger charge is 2.63. The van der Waals surface area contributed by atoms with Gasteiger partial charge in [-0.3, -0.25) is 13.5 Å². The third-order valence-electron chi connectivity index (χ3n) is 9.04. The lowest BCUT2D eigenvalue weighted by atomic mass is 10.1. The maximum Gasteiger partial charge on any atom is 0.523 e. The van der Waals surface area contributed by atoms with Gasteiger partial charge in [0.05, 0.1) is 12.9 Å². The average molecular weight is 746 g/mol. The van der Waals surface area contributed by atoms with Crippen LogP contribution in [0.5, 0.6) is 0 Å². The summed E-state index contributed by atoms with van der Waals surface area (Å²) in [4.78, 5) is 25.7. The summed E-state index contributed by atoms with van der Waals surface area (Å²) in [5.41, 5.74) is -5.79. The number of ether oxygens (including phenoxy) is 1. The van der Waals surface area contributed by atoms with Crippen molar-refractivity contribution in [1.29, 1.82) is 0 Å². The Labute approximate surface area is 285 Å². The minimum atomic E-state index is -6.15. The number of rotatable bonds is 9. The van der Waals surface area contributed by atoms with E-state index in [2.05, 4.69) is 20.3 Å². The van der Waals surface area contributed by atoms with Crippen LogP contribution in [-0.2, 0) is 32.0 Å². The first-order valence-electron chi connectivity index (χ1n) is 16.1. The molecule has 0 spiro atoms. The van der Waals surface area contributed by atoms with Gasteiger partial charge >= 0.3 is 32.7 Å². The summed E-state index contributed by atoms with van der Waals surface area (Å²) in [6, 6.07) is 8.35. The van der Waals surface area contributed by atoms with Crippen molar-refractivity contribution in [3.05, 3.63) is 48.5 Å². The van der Waals surface area contributed by atoms with Crippen LogP contribution in [0, 0.1) is 0 Å². The Hall–Kier alpha value is -2.79. The molecule has 270 valence electrons. The molecule has 1 aromatic carbocycles. The van der Waals surface area contributed by atoms with Crippen molar-refractivity contribution >= 4 is 50.1 Å². The maximum absolute atomic E-state index is 13.9. The molecule has 0 bridgehead atoms. The van der Waals surface area contributed by atoms with Crippen LogP contribution >= 0.6 is 0 Å². The molecule has 0 radical (unpaired) electrons. The molecule has 2 aliphatic heterocycles. The fourth-order valence-electron chi connectivity index (χ4n) is 6.55. The molecule has 49 heavy (non-hydrogen) atoms. The highest BCUT2D eigenvalue weighted by molar-refractivity contribution is 7.87. The molecule has 4 atom stereocenters. The van der Waals surface area contributed by atoms with Gasteiger partial charge in [-0.1, -0.05) is 73.6 Å². The van der Waals surface area contributed by atoms with Crippen LogP contribution < -0.4 is 5.32 Å². The van der Waals surface area contributed by atoms with E-state index in [1.165, 1.54) is 10.9 Å². The molecule has 2 aromatic heterocycles. The minimum Gasteiger partial charge on any atom is -0.414 e. The zero-order valence-corrected chi connectivity index (χ0v) is 31.3. The third kappa shape index (κ3) is 6.83. The number of alkyl halides is 3. The molecule has 4 heterocycles. The first kappa shape index (κ1) is 37.5. The molecule has 0 saturated carbocycles. The second-order valence-corrected chi connectivity index (χ2v) is 23.9. The molecule has 2 fully saturated rings. The van der Waals surface area contributed by atoms with Crippen LogP contribution in [0.2, 0.25) is 22.2 Å². The maximum atomic E-state index is 13.9. The van der Waals surface area contributed by atoms with Crippen LogP contribution in [0.25, 0.3) is 11.2 Å². The van der Waals surface area contributed by atoms with E-state index < -0.39 is 63.2 Å². The van der Waals surface area contributed by atoms with Gasteiger partial charge in [0, 0.05) is 5.56 Å². The Morgan fingerprint density at radius 3 is 2.14 bits per heavy atom. The molecule has 0 aliphatic carbocycles. The minimum absolute atomic E-state index is 0.0191. The summed E-state index contributed by atoms with van der Waals surface area (Å²) in [7, 11) is -12.7. The van der Waals surface area contributed by atoms with E-state index in [0.29, 0.717) is 5.56 Å². The van der Waals surface area contributed by atoms with E-state index in [-0.39, 0.29) is 45.8 Å². The number of imidazole rings is 1. The zero-order valence-electron chi connectivity index (χ0n) is 28.5. The molecular weight excluding hydrogens is 704 g/mol. The van der Waals surface area contributed by atoms with Gasteiger partial charge in [0.15, 0.2) is 29.3 Å². The fourth-order valence-corrected chi connectivity index (χ4v) is 18.4. The van der Waals surface area contributed by atoms with Gasteiger partial charge < -0.3 is 23.0 Å². The number of halogens is 3. The van der Waals surface area contributed by atoms with Crippen LogP contribution in [-0.4, -0.2) is 81.4 Å². The summed E-state index contributed by atoms with van der Waals surface area (Å²) < 4.78 is 100. The van der Waals surface area contributed by atoms with Crippen molar-refractivity contribution in [2.75, 3.05) is 11.9 Å². The van der Waals surface area contributed by atoms with Crippen LogP contribution in [0.3, 0.4) is 0 Å². The first-order chi connectivity index (χ1) is 22.8. The van der Waals surface area contributed by atoms with Gasteiger partial charge in [0.1, 0.15) is 18.5 Å². The molecular formula is C30H42F3N5O8SSi2. The summed E-state index contributed by atoms with van der Waals surface area (Å²) in [6.45, 7) is 15.6. The van der Waals surface area contributed by atoms with Crippen molar-refractivity contribution in [2.24, 2.45) is 0 Å². The average Bonchev–Trinajstić information content (AvgIpc) is 3.57. The summed E-state index contributed by atoms with van der Waals surface area (Å²) in [6.07, 6.45) is -3.47. The molecule has 3 aromatic rings. The lowest BCUT2D eigenvalue weighted by molar-refractivity contribution is -0.0694. The molecule has 5 rings (SSSR count). The number of amides is 1. The van der Waals surface area contributed by atoms with E-state index in [9.17, 15) is 26.4 Å². The monoisotopic (exact) mass is 745 g/mol. The molecule has 19 heteroatoms. The van der Waals surface area contributed by atoms with Gasteiger partial charge in [-0.25, -0.2) is 15.0 Å². The SMILES string of the molecule is CC(C)[Si]1(C(C)C)OC[C@H]2O[C@@H](n3cnc4c(NC(=O)c5ccccc5)ncnc43)[C@H](OS(=O)(=O)C(F)(F)F)[C@@H]2O[Si](C(C)C)(C(C)C)O1. The standard InChI is InChI=1S/C30H42F3N5O8SSi2/c1-17(2)48(18(3)4)42-14-22-24(45-49(46-48,19(5)6)20(7)8)25(44-47(40,41)30(31,32)33)29(43-22)38-16-36-23-26(34-15-35-27(23)38)37-28(39)21-12-10-9-11-13-21/h9-13,15-20,22,24-25,29H,14H2,1-8H3,(H,34,35,37,39)/t22-,24-,25-,29-/m1/s1. The molecule has 2 aliphatic rings. The fraction of sp³-hybridized carbons (Fsp3) is 0.600. The number of benzene rings is 1. The summed E-state index contributed by atoms with van der Waals surface area (Å²) in [5, 5.41) is 2.67. The quantitative estimate of drug-likeness (QED) is 0.152. The lowest BCUT2D eigenvalue weighted by Crippen LogP contribution is -2.66. The molecule has 2 saturated heterocycles. The van der Waals surface area contributed by atoms with E-state index in [1.54, 1.807) is 30.3 Å². The van der Waals surface area contributed by atoms with E-state index in [0.717, 1.165) is 6.33 Å². The summed E-state index contributed by atoms with van der Waals surface area (Å²) in [5.74, 6) is -0.467. The number of carbonyl (C=O) groups excluding carboxylic acids is 1. The molecule has 13 nitrogen and oxygen atoms in total. The predicted molar refractivity (Wildman–Crippen MR) is 177 cm³/mol. The summed E-state index contributed by atoms with van der Waals surface area (Å²) >= 11 is 0. The number of nitrogens with one attached hydrogen (secondary N) is 1. The molecule has 1 N–H and O–H groups in total. The van der Waals surface area contributed by atoms with Gasteiger partial charge in [-0.05, 0) is 34.3 Å². The topological polar surface area (TPSA) is 153 Å². The number of nitrogens with zero attached hydrogens (tertiary/aromatic N) is 4. The number of carbonyl (C=O) groups is 1. The van der Waals surface area contributed by atoms with Crippen molar-refractivity contribution in [1.82, 2.24) is 19.5 Å². The smallest absolute Gasteiger partial charge is 0.414 e. The Morgan fingerprint density at radius 1 is 0.959 bits per heavy atom. The van der Waals surface area contributed by atoms with E-state index >= 15 is 0 Å². The number of hydrogen-bond acceptors (Lipinski definition) is 11. The highest BCUT2D eigenvalue weighted by Crippen LogP contribution is 2.49. The second kappa shape index (κ2) is 13.7. The van der Waals surface area contributed by atoms with Crippen molar-refractivity contribution in [3.8, 4) is 0 Å². The van der Waals surface area contributed by atoms with E-state index in [4.69, 9.17) is 21.9 Å². The van der Waals surface area contributed by atoms with Gasteiger partial charge in [0.25, 0.3) is 5.91 Å². The van der Waals surface area contributed by atoms with Gasteiger partial charge in [0.2, 0.25) is 0 Å². The molecule has 1 amide bonds. The van der Waals surface area contributed by atoms with Crippen LogP contribution in [0.1, 0.15) is 72.0 Å². The largest absolute Gasteiger partial charge is 0.523 e. The van der Waals surface area contributed by atoms with Crippen LogP contribution in [0.15, 0.2) is 43.0 Å². The Kier molecular flexibility index (Phi) is 10.5. The third-order valence-corrected chi connectivity index (χ3v) is 20.3. The Bertz CT molecular complexity index is 1740. The highest BCUT2D eigenvalue weighted by atomic mass is 32.2. The number of aromatic nitrogens is 4. The predicted octanol–water partition coefficient (Wildman–Crippen LogP) is 6.17. The number of anilines is 1. The van der Waals surface area contributed by atoms with Crippen molar-refractivity contribution in [3.63, 3.8) is 0 Å². The zero-order chi connectivity index (χ0) is 36.1. The number of hydrogen-bond donors (Lipinski definition) is 1. The first-order valence-corrected chi connectivity index (χ1v) is 21.4. The second-order valence-electron chi connectivity index (χ2n) is 13.4. The normalized spacial score (nSPS) is 24.4. The van der Waals surface area contributed by atoms with Crippen molar-refractivity contribution in [2.45, 2.75) is 108 Å². The van der Waals surface area contributed by atoms with Crippen molar-refractivity contribution < 1.29 is 48.3 Å².